The summed E-state index contributed by atoms with van der Waals surface area (Å²) in [5.74, 6) is -1.08. The van der Waals surface area contributed by atoms with Gasteiger partial charge in [0.1, 0.15) is 11.7 Å². The molecule has 1 saturated carbocycles. The van der Waals surface area contributed by atoms with E-state index in [-0.39, 0.29) is 12.5 Å². The van der Waals surface area contributed by atoms with E-state index in [1.165, 1.54) is 6.92 Å². The minimum absolute atomic E-state index is 0.245. The van der Waals surface area contributed by atoms with Crippen LogP contribution in [0, 0.1) is 13.8 Å². The largest absolute Gasteiger partial charge is 0.480 e. The lowest BCUT2D eigenvalue weighted by Gasteiger charge is -2.19. The molecule has 0 bridgehead atoms. The van der Waals surface area contributed by atoms with Crippen LogP contribution in [0.5, 0.6) is 0 Å². The molecule has 0 spiro atoms. The number of nitrogens with zero attached hydrogens (tertiary/aromatic N) is 1. The first kappa shape index (κ1) is 26.3. The number of carbonyl (C=O) groups excluding carboxylic acids is 1. The fraction of sp³-hybridized carbons (Fsp3) is 0.345. The molecule has 5 N–H and O–H groups in total. The van der Waals surface area contributed by atoms with E-state index in [2.05, 4.69) is 40.0 Å². The van der Waals surface area contributed by atoms with Crippen molar-refractivity contribution < 1.29 is 19.8 Å². The number of carboxylic acids is 1. The molecule has 3 aromatic rings. The van der Waals surface area contributed by atoms with Crippen LogP contribution in [0.2, 0.25) is 0 Å². The number of carboxylic acid groups (broad SMARTS) is 1. The van der Waals surface area contributed by atoms with Gasteiger partial charge in [0, 0.05) is 31.2 Å². The molecule has 2 atom stereocenters. The molecule has 37 heavy (non-hydrogen) atoms. The Balaban J connectivity index is 1.56. The number of carbonyl (C=O) groups is 2. The Kier molecular flexibility index (Phi) is 7.90. The number of hydrogen-bond donors (Lipinski definition) is 5. The molecule has 1 aliphatic carbocycles. The number of pyridine rings is 1. The van der Waals surface area contributed by atoms with Crippen LogP contribution in [0.1, 0.15) is 58.4 Å². The highest BCUT2D eigenvalue weighted by Crippen LogP contribution is 2.42. The summed E-state index contributed by atoms with van der Waals surface area (Å²) < 4.78 is 0. The van der Waals surface area contributed by atoms with E-state index >= 15 is 0 Å². The number of aliphatic carboxylic acids is 1. The van der Waals surface area contributed by atoms with Crippen molar-refractivity contribution in [1.29, 1.82) is 0 Å². The zero-order valence-corrected chi connectivity index (χ0v) is 21.6. The van der Waals surface area contributed by atoms with Crippen LogP contribution in [0.4, 0.5) is 11.4 Å². The van der Waals surface area contributed by atoms with Crippen LogP contribution in [0.3, 0.4) is 0 Å². The van der Waals surface area contributed by atoms with Crippen molar-refractivity contribution in [3.05, 3.63) is 76.6 Å². The fourth-order valence-electron chi connectivity index (χ4n) is 4.68. The Morgan fingerprint density at radius 3 is 2.24 bits per heavy atom. The van der Waals surface area contributed by atoms with Crippen molar-refractivity contribution in [3.63, 3.8) is 0 Å². The summed E-state index contributed by atoms with van der Waals surface area (Å²) >= 11 is 0. The van der Waals surface area contributed by atoms with Crippen molar-refractivity contribution in [1.82, 2.24) is 10.3 Å². The van der Waals surface area contributed by atoms with E-state index in [0.717, 1.165) is 57.6 Å². The quantitative estimate of drug-likeness (QED) is 0.277. The van der Waals surface area contributed by atoms with Crippen molar-refractivity contribution in [2.75, 3.05) is 17.7 Å². The molecule has 1 fully saturated rings. The van der Waals surface area contributed by atoms with E-state index < -0.39 is 18.1 Å². The van der Waals surface area contributed by atoms with Gasteiger partial charge in [-0.3, -0.25) is 19.9 Å². The molecule has 2 aromatic carbocycles. The maximum absolute atomic E-state index is 13.2. The summed E-state index contributed by atoms with van der Waals surface area (Å²) in [5, 5.41) is 28.2. The third-order valence-electron chi connectivity index (χ3n) is 7.01. The number of aliphatic hydroxyl groups excluding tert-OH is 1. The molecule has 0 radical (unpaired) electrons. The molecule has 0 unspecified atom stereocenters. The molecule has 1 heterocycles. The van der Waals surface area contributed by atoms with Gasteiger partial charge in [-0.15, -0.1) is 0 Å². The third kappa shape index (κ3) is 5.81. The summed E-state index contributed by atoms with van der Waals surface area (Å²) in [6.45, 7) is 5.75. The Morgan fingerprint density at radius 2 is 1.68 bits per heavy atom. The molecule has 0 aliphatic heterocycles. The van der Waals surface area contributed by atoms with Gasteiger partial charge < -0.3 is 20.8 Å². The average molecular weight is 503 g/mol. The topological polar surface area (TPSA) is 124 Å². The normalized spacial score (nSPS) is 14.6. The van der Waals surface area contributed by atoms with E-state index in [0.29, 0.717) is 11.6 Å². The lowest BCUT2D eigenvalue weighted by Crippen LogP contribution is -2.44. The van der Waals surface area contributed by atoms with Crippen LogP contribution < -0.4 is 16.0 Å². The molecule has 194 valence electrons. The lowest BCUT2D eigenvalue weighted by atomic mass is 9.94. The van der Waals surface area contributed by atoms with Crippen molar-refractivity contribution in [3.8, 4) is 11.1 Å². The van der Waals surface area contributed by atoms with Crippen molar-refractivity contribution in [2.24, 2.45) is 0 Å². The second-order valence-electron chi connectivity index (χ2n) is 9.64. The number of aromatic nitrogens is 1. The van der Waals surface area contributed by atoms with Gasteiger partial charge in [0.2, 0.25) is 0 Å². The number of aliphatic hydroxyl groups is 1. The number of benzene rings is 2. The Bertz CT molecular complexity index is 1320. The van der Waals surface area contributed by atoms with E-state index in [9.17, 15) is 19.8 Å². The van der Waals surface area contributed by atoms with Gasteiger partial charge in [0.05, 0.1) is 6.10 Å². The smallest absolute Gasteiger partial charge is 0.323 e. The van der Waals surface area contributed by atoms with Crippen LogP contribution in [-0.2, 0) is 11.3 Å². The van der Waals surface area contributed by atoms with Crippen molar-refractivity contribution in [2.45, 2.75) is 58.2 Å². The highest BCUT2D eigenvalue weighted by Gasteiger charge is 2.29. The molecule has 1 aliphatic rings. The van der Waals surface area contributed by atoms with Crippen LogP contribution in [-0.4, -0.2) is 46.3 Å². The molecule has 4 rings (SSSR count). The van der Waals surface area contributed by atoms with Crippen LogP contribution >= 0.6 is 0 Å². The van der Waals surface area contributed by atoms with Gasteiger partial charge in [-0.1, -0.05) is 24.3 Å². The fourth-order valence-corrected chi connectivity index (χ4v) is 4.68. The maximum Gasteiger partial charge on any atom is 0.323 e. The zero-order valence-electron chi connectivity index (χ0n) is 21.6. The average Bonchev–Trinajstić information content (AvgIpc) is 3.71. The highest BCUT2D eigenvalue weighted by molar-refractivity contribution is 6.04. The highest BCUT2D eigenvalue weighted by atomic mass is 16.4. The first-order valence-electron chi connectivity index (χ1n) is 12.5. The zero-order chi connectivity index (χ0) is 26.7. The number of hydrogen-bond acceptors (Lipinski definition) is 6. The first-order chi connectivity index (χ1) is 17.7. The summed E-state index contributed by atoms with van der Waals surface area (Å²) in [4.78, 5) is 29.0. The lowest BCUT2D eigenvalue weighted by molar-refractivity contribution is -0.142. The molecule has 8 nitrogen and oxygen atoms in total. The third-order valence-corrected chi connectivity index (χ3v) is 7.01. The number of rotatable bonds is 10. The predicted octanol–water partition coefficient (Wildman–Crippen LogP) is 4.46. The molecule has 0 saturated heterocycles. The Labute approximate surface area is 217 Å². The monoisotopic (exact) mass is 502 g/mol. The minimum Gasteiger partial charge on any atom is -0.480 e. The summed E-state index contributed by atoms with van der Waals surface area (Å²) in [7, 11) is 1.90. The molecular formula is C29H34N4O4. The summed E-state index contributed by atoms with van der Waals surface area (Å²) in [6, 6.07) is 12.7. The van der Waals surface area contributed by atoms with Crippen molar-refractivity contribution >= 4 is 23.3 Å². The van der Waals surface area contributed by atoms with Gasteiger partial charge in [-0.25, -0.2) is 0 Å². The van der Waals surface area contributed by atoms with Gasteiger partial charge in [0.15, 0.2) is 0 Å². The minimum atomic E-state index is -1.11. The second kappa shape index (κ2) is 11.1. The summed E-state index contributed by atoms with van der Waals surface area (Å²) in [5.41, 5.74) is 8.17. The van der Waals surface area contributed by atoms with E-state index in [1.54, 1.807) is 6.20 Å². The van der Waals surface area contributed by atoms with Gasteiger partial charge in [0.25, 0.3) is 5.91 Å². The number of amides is 1. The standard InChI is InChI=1S/C29H34N4O4/c1-16-21(7-5-9-24(16)30-4)22-8-6-10-25(17(22)2)33-28(35)26-13-23(19-11-12-19)20(14-31-26)15-32-27(18(3)34)29(36)37/h5-10,13-14,18-19,27,30,32,34H,11-12,15H2,1-4H3,(H,33,35)(H,36,37)/t18-,27+/m1/s1. The van der Waals surface area contributed by atoms with Crippen LogP contribution in [0.25, 0.3) is 11.1 Å². The number of nitrogens with one attached hydrogen (secondary N) is 3. The van der Waals surface area contributed by atoms with E-state index in [4.69, 9.17) is 0 Å². The molecule has 1 aromatic heterocycles. The predicted molar refractivity (Wildman–Crippen MR) is 145 cm³/mol. The van der Waals surface area contributed by atoms with Gasteiger partial charge in [-0.05, 0) is 91.1 Å². The number of anilines is 2. The molecule has 1 amide bonds. The SMILES string of the molecule is CNc1cccc(-c2cccc(NC(=O)c3cc(C4CC4)c(CN[C@H](C(=O)O)[C@@H](C)O)cn3)c2C)c1C. The maximum atomic E-state index is 13.2. The Morgan fingerprint density at radius 1 is 1.05 bits per heavy atom. The van der Waals surface area contributed by atoms with Gasteiger partial charge >= 0.3 is 5.97 Å². The van der Waals surface area contributed by atoms with E-state index in [1.807, 2.05) is 44.3 Å². The second-order valence-corrected chi connectivity index (χ2v) is 9.64. The van der Waals surface area contributed by atoms with Gasteiger partial charge in [-0.2, -0.15) is 0 Å². The summed E-state index contributed by atoms with van der Waals surface area (Å²) in [6.07, 6.45) is 2.63. The molecule has 8 heteroatoms. The molecular weight excluding hydrogens is 468 g/mol. The van der Waals surface area contributed by atoms with Crippen LogP contribution in [0.15, 0.2) is 48.7 Å². The first-order valence-corrected chi connectivity index (χ1v) is 12.5. The Hall–Kier alpha value is -3.75.